The van der Waals surface area contributed by atoms with Gasteiger partial charge in [-0.15, -0.1) is 0 Å². The van der Waals surface area contributed by atoms with Gasteiger partial charge in [-0.3, -0.25) is 14.9 Å². The number of esters is 2. The number of carbonyl (C=O) groups excluding carboxylic acids is 3. The van der Waals surface area contributed by atoms with Crippen LogP contribution in [0, 0.1) is 6.92 Å². The number of nitrogens with zero attached hydrogens (tertiary/aromatic N) is 3. The Morgan fingerprint density at radius 3 is 2.50 bits per heavy atom. The number of ether oxygens (including phenoxy) is 3. The Bertz CT molecular complexity index is 2070. The molecule has 0 unspecified atom stereocenters. The first kappa shape index (κ1) is 36.5. The van der Waals surface area contributed by atoms with E-state index >= 15 is 0 Å². The van der Waals surface area contributed by atoms with Gasteiger partial charge in [0.1, 0.15) is 17.2 Å². The first-order valence-electron chi connectivity index (χ1n) is 17.6. The molecule has 10 nitrogen and oxygen atoms in total. The number of hydrogen-bond acceptors (Lipinski definition) is 10. The Kier molecular flexibility index (Phi) is 11.2. The van der Waals surface area contributed by atoms with E-state index in [1.165, 1.54) is 18.4 Å². The summed E-state index contributed by atoms with van der Waals surface area (Å²) in [6, 6.07) is 23.2. The predicted molar refractivity (Wildman–Crippen MR) is 204 cm³/mol. The van der Waals surface area contributed by atoms with Crippen molar-refractivity contribution in [2.75, 3.05) is 30.5 Å². The lowest BCUT2D eigenvalue weighted by Crippen LogP contribution is -2.33. The molecule has 6 rings (SSSR count). The highest BCUT2D eigenvalue weighted by molar-refractivity contribution is 7.22. The molecule has 3 aromatic carbocycles. The van der Waals surface area contributed by atoms with Crippen molar-refractivity contribution in [1.82, 2.24) is 9.97 Å². The predicted octanol–water partition coefficient (Wildman–Crippen LogP) is 8.55. The zero-order chi connectivity index (χ0) is 36.8. The second-order valence-corrected chi connectivity index (χ2v) is 14.8. The average molecular weight is 721 g/mol. The van der Waals surface area contributed by atoms with Crippen LogP contribution in [0.2, 0.25) is 0 Å². The molecular weight excluding hydrogens is 677 g/mol. The van der Waals surface area contributed by atoms with Gasteiger partial charge in [0.25, 0.3) is 5.91 Å². The minimum absolute atomic E-state index is 0.205. The number of unbranched alkanes of at least 4 members (excludes halogenated alkanes) is 2. The molecule has 1 aliphatic heterocycles. The molecule has 1 aliphatic rings. The quantitative estimate of drug-likeness (QED) is 0.0999. The maximum absolute atomic E-state index is 13.8. The Hall–Kier alpha value is -5.29. The van der Waals surface area contributed by atoms with E-state index in [1.54, 1.807) is 0 Å². The molecule has 0 saturated carbocycles. The van der Waals surface area contributed by atoms with Gasteiger partial charge < -0.3 is 19.1 Å². The lowest BCUT2D eigenvalue weighted by Gasteiger charge is -2.31. The summed E-state index contributed by atoms with van der Waals surface area (Å²) in [5.74, 6) is 0.398. The summed E-state index contributed by atoms with van der Waals surface area (Å²) in [6.07, 6.45) is 3.49. The molecule has 52 heavy (non-hydrogen) atoms. The first-order chi connectivity index (χ1) is 25.0. The molecule has 270 valence electrons. The van der Waals surface area contributed by atoms with Crippen molar-refractivity contribution in [1.29, 1.82) is 0 Å². The largest absolute Gasteiger partial charge is 0.493 e. The van der Waals surface area contributed by atoms with Gasteiger partial charge in [-0.05, 0) is 112 Å². The highest BCUT2D eigenvalue weighted by atomic mass is 32.1. The Labute approximate surface area is 308 Å². The molecule has 5 aromatic rings. The zero-order valence-electron chi connectivity index (χ0n) is 30.3. The van der Waals surface area contributed by atoms with E-state index in [9.17, 15) is 14.4 Å². The minimum Gasteiger partial charge on any atom is -0.493 e. The topological polar surface area (TPSA) is 120 Å². The van der Waals surface area contributed by atoms with Crippen LogP contribution in [0.5, 0.6) is 5.75 Å². The zero-order valence-corrected chi connectivity index (χ0v) is 31.1. The fourth-order valence-electron chi connectivity index (χ4n) is 6.30. The molecule has 0 fully saturated rings. The van der Waals surface area contributed by atoms with Crippen LogP contribution in [-0.4, -0.2) is 53.7 Å². The number of thiazole rings is 1. The van der Waals surface area contributed by atoms with Gasteiger partial charge in [-0.1, -0.05) is 47.7 Å². The number of para-hydroxylation sites is 1. The molecule has 1 N–H and O–H groups in total. The number of nitrogens with one attached hydrogen (secondary N) is 1. The standard InChI is InChI=1S/C41H44N4O6S/c1-26-28(14-12-17-33(26)50-24-10-6-7-19-36(46)49-5)29-20-21-35(43-37(29)39(48)51-41(2,3)4)45-23-22-27-13-11-15-30(31(27)25-45)38(47)44-40-42-32-16-8-9-18-34(32)52-40/h8-9,11-18,20-21H,6-7,10,19,22-25H2,1-5H3,(H,42,44,47). The van der Waals surface area contributed by atoms with E-state index in [0.717, 1.165) is 51.7 Å². The summed E-state index contributed by atoms with van der Waals surface area (Å²) in [6.45, 7) is 9.08. The third kappa shape index (κ3) is 8.59. The van der Waals surface area contributed by atoms with Crippen LogP contribution in [0.15, 0.2) is 72.8 Å². The molecule has 3 heterocycles. The molecule has 0 bridgehead atoms. The number of carbonyl (C=O) groups is 3. The third-order valence-electron chi connectivity index (χ3n) is 8.91. The van der Waals surface area contributed by atoms with Gasteiger partial charge in [-0.2, -0.15) is 0 Å². The minimum atomic E-state index is -0.727. The third-order valence-corrected chi connectivity index (χ3v) is 9.87. The van der Waals surface area contributed by atoms with Crippen molar-refractivity contribution < 1.29 is 28.6 Å². The van der Waals surface area contributed by atoms with E-state index in [-0.39, 0.29) is 17.6 Å². The van der Waals surface area contributed by atoms with E-state index in [2.05, 4.69) is 21.3 Å². The number of hydrogen-bond donors (Lipinski definition) is 1. The SMILES string of the molecule is COC(=O)CCCCCOc1cccc(-c2ccc(N3CCc4cccc(C(=O)Nc5nc6ccccc6s5)c4C3)nc2C(=O)OC(C)(C)C)c1C. The number of amides is 1. The summed E-state index contributed by atoms with van der Waals surface area (Å²) in [5.41, 5.74) is 5.29. The lowest BCUT2D eigenvalue weighted by atomic mass is 9.94. The molecule has 0 aliphatic carbocycles. The van der Waals surface area contributed by atoms with Crippen LogP contribution in [-0.2, 0) is 27.2 Å². The van der Waals surface area contributed by atoms with Crippen LogP contribution in [0.25, 0.3) is 21.3 Å². The summed E-state index contributed by atoms with van der Waals surface area (Å²) in [7, 11) is 1.40. The number of rotatable bonds is 12. The average Bonchev–Trinajstić information content (AvgIpc) is 3.54. The molecule has 0 spiro atoms. The van der Waals surface area contributed by atoms with Crippen molar-refractivity contribution in [2.45, 2.75) is 71.9 Å². The van der Waals surface area contributed by atoms with Gasteiger partial charge >= 0.3 is 11.9 Å². The van der Waals surface area contributed by atoms with Crippen molar-refractivity contribution in [2.24, 2.45) is 0 Å². The summed E-state index contributed by atoms with van der Waals surface area (Å²) in [4.78, 5) is 50.4. The molecule has 0 atom stereocenters. The number of fused-ring (bicyclic) bond motifs is 2. The first-order valence-corrected chi connectivity index (χ1v) is 18.4. The molecule has 0 saturated heterocycles. The van der Waals surface area contributed by atoms with Crippen LogP contribution in [0.3, 0.4) is 0 Å². The van der Waals surface area contributed by atoms with Gasteiger partial charge in [-0.25, -0.2) is 14.8 Å². The highest BCUT2D eigenvalue weighted by Crippen LogP contribution is 2.35. The molecule has 0 radical (unpaired) electrons. The van der Waals surface area contributed by atoms with E-state index in [1.807, 2.05) is 94.4 Å². The Morgan fingerprint density at radius 1 is 0.904 bits per heavy atom. The monoisotopic (exact) mass is 720 g/mol. The van der Waals surface area contributed by atoms with Crippen LogP contribution in [0.4, 0.5) is 10.9 Å². The summed E-state index contributed by atoms with van der Waals surface area (Å²) >= 11 is 1.44. The molecule has 2 aromatic heterocycles. The van der Waals surface area contributed by atoms with E-state index < -0.39 is 11.6 Å². The molecule has 1 amide bonds. The van der Waals surface area contributed by atoms with E-state index in [0.29, 0.717) is 60.4 Å². The molecule has 11 heteroatoms. The lowest BCUT2D eigenvalue weighted by molar-refractivity contribution is -0.140. The van der Waals surface area contributed by atoms with Crippen molar-refractivity contribution in [3.05, 3.63) is 101 Å². The van der Waals surface area contributed by atoms with E-state index in [4.69, 9.17) is 19.2 Å². The van der Waals surface area contributed by atoms with Crippen LogP contribution >= 0.6 is 11.3 Å². The van der Waals surface area contributed by atoms with Crippen molar-refractivity contribution in [3.8, 4) is 16.9 Å². The second kappa shape index (κ2) is 15.9. The molecular formula is C41H44N4O6S. The van der Waals surface area contributed by atoms with Gasteiger partial charge in [0.05, 0.1) is 23.9 Å². The number of pyridine rings is 1. The maximum atomic E-state index is 13.8. The Morgan fingerprint density at radius 2 is 1.71 bits per heavy atom. The number of methoxy groups -OCH3 is 1. The van der Waals surface area contributed by atoms with Gasteiger partial charge in [0, 0.05) is 30.6 Å². The fraction of sp³-hybridized carbons (Fsp3) is 0.341. The Balaban J connectivity index is 1.24. The van der Waals surface area contributed by atoms with Crippen LogP contribution in [0.1, 0.15) is 84.0 Å². The van der Waals surface area contributed by atoms with Crippen molar-refractivity contribution >= 4 is 50.3 Å². The number of aromatic nitrogens is 2. The highest BCUT2D eigenvalue weighted by Gasteiger charge is 2.28. The van der Waals surface area contributed by atoms with Gasteiger partial charge in [0.15, 0.2) is 10.8 Å². The summed E-state index contributed by atoms with van der Waals surface area (Å²) in [5, 5.41) is 3.56. The number of benzene rings is 3. The van der Waals surface area contributed by atoms with Crippen molar-refractivity contribution in [3.63, 3.8) is 0 Å². The smallest absolute Gasteiger partial charge is 0.358 e. The maximum Gasteiger partial charge on any atom is 0.358 e. The van der Waals surface area contributed by atoms with Gasteiger partial charge in [0.2, 0.25) is 0 Å². The fourth-order valence-corrected chi connectivity index (χ4v) is 7.16. The van der Waals surface area contributed by atoms with Crippen LogP contribution < -0.4 is 15.0 Å². The normalized spacial score (nSPS) is 12.7. The number of anilines is 2. The second-order valence-electron chi connectivity index (χ2n) is 13.8. The summed E-state index contributed by atoms with van der Waals surface area (Å²) < 4.78 is 17.7.